The Morgan fingerprint density at radius 3 is 1.20 bits per heavy atom. The molecule has 0 heterocycles. The zero-order valence-corrected chi connectivity index (χ0v) is 42.2. The van der Waals surface area contributed by atoms with Crippen molar-refractivity contribution in [3.8, 4) is 55.6 Å². The third-order valence-corrected chi connectivity index (χ3v) is 15.0. The Balaban J connectivity index is 0.964. The Labute approximate surface area is 446 Å². The van der Waals surface area contributed by atoms with Crippen LogP contribution in [0, 0.1) is 0 Å². The summed E-state index contributed by atoms with van der Waals surface area (Å²) in [5, 5.41) is 2.38. The van der Waals surface area contributed by atoms with Crippen molar-refractivity contribution < 1.29 is 0 Å². The fourth-order valence-corrected chi connectivity index (χ4v) is 11.3. The molecule has 0 aromatic heterocycles. The highest BCUT2D eigenvalue weighted by molar-refractivity contribution is 6.08. The number of para-hydroxylation sites is 2. The molecule has 1 aliphatic carbocycles. The topological polar surface area (TPSA) is 6.48 Å². The van der Waals surface area contributed by atoms with E-state index >= 15 is 0 Å². The van der Waals surface area contributed by atoms with E-state index in [4.69, 9.17) is 0 Å². The third kappa shape index (κ3) is 8.97. The first-order valence-corrected chi connectivity index (χ1v) is 26.4. The molecule has 76 heavy (non-hydrogen) atoms. The maximum Gasteiger partial charge on any atom is 0.0540 e. The van der Waals surface area contributed by atoms with Crippen LogP contribution in [0.2, 0.25) is 0 Å². The van der Waals surface area contributed by atoms with E-state index < -0.39 is 0 Å². The minimum Gasteiger partial charge on any atom is -0.310 e. The van der Waals surface area contributed by atoms with Gasteiger partial charge in [-0.2, -0.15) is 0 Å². The van der Waals surface area contributed by atoms with Gasteiger partial charge in [0.2, 0.25) is 0 Å². The van der Waals surface area contributed by atoms with Gasteiger partial charge >= 0.3 is 0 Å². The second kappa shape index (κ2) is 20.6. The highest BCUT2D eigenvalue weighted by Gasteiger charge is 2.24. The molecule has 12 aromatic carbocycles. The SMILES string of the molecule is C1=C(c2ccc(N(c3ccc(-c4ccccc4)cc3)c3ccccc3-c3ccccc3-c3ccccc3N(c3ccc(-c4ccccc4)cc3)c3ccc(-c4ccccc4)c4ccccc34)cc2)CCc2ccccc21. The number of nitrogens with zero attached hydrogens (tertiary/aromatic N) is 2. The number of hydrogen-bond acceptors (Lipinski definition) is 2. The minimum atomic E-state index is 1.02. The standard InChI is InChI=1S/C74H54N2/c1-4-20-53(21-5-1)56-38-44-62(45-39-56)75(63-46-42-58(43-47-63)61-37-36-55-24-10-11-27-60(55)52-61)72-34-18-16-32-70(72)67-29-12-13-30-68(67)71-33-17-19-35-73(71)76(64-48-40-57(41-49-64)54-22-6-2-7-23-54)74-51-50-65(59-25-8-3-9-26-59)66-28-14-15-31-69(66)74/h1-35,38-52H,36-37H2. The summed E-state index contributed by atoms with van der Waals surface area (Å²) < 4.78 is 0. The molecule has 0 amide bonds. The molecule has 12 aromatic rings. The molecule has 0 saturated heterocycles. The molecule has 0 unspecified atom stereocenters. The van der Waals surface area contributed by atoms with Gasteiger partial charge in [0.25, 0.3) is 0 Å². The second-order valence-electron chi connectivity index (χ2n) is 19.5. The molecule has 0 spiro atoms. The highest BCUT2D eigenvalue weighted by atomic mass is 15.2. The van der Waals surface area contributed by atoms with E-state index in [1.807, 2.05) is 0 Å². The van der Waals surface area contributed by atoms with Crippen LogP contribution in [-0.2, 0) is 6.42 Å². The smallest absolute Gasteiger partial charge is 0.0540 e. The van der Waals surface area contributed by atoms with Crippen molar-refractivity contribution in [3.63, 3.8) is 0 Å². The Morgan fingerprint density at radius 2 is 0.632 bits per heavy atom. The normalized spacial score (nSPS) is 11.9. The first kappa shape index (κ1) is 46.1. The van der Waals surface area contributed by atoms with E-state index in [-0.39, 0.29) is 0 Å². The molecule has 0 saturated carbocycles. The van der Waals surface area contributed by atoms with Crippen LogP contribution in [0.5, 0.6) is 0 Å². The molecule has 0 atom stereocenters. The molecular formula is C74H54N2. The number of benzene rings is 12. The summed E-state index contributed by atoms with van der Waals surface area (Å²) in [6, 6.07) is 108. The van der Waals surface area contributed by atoms with Gasteiger partial charge in [-0.15, -0.1) is 0 Å². The van der Waals surface area contributed by atoms with Crippen LogP contribution in [0.15, 0.2) is 297 Å². The zero-order valence-electron chi connectivity index (χ0n) is 42.2. The second-order valence-corrected chi connectivity index (χ2v) is 19.5. The summed E-state index contributed by atoms with van der Waals surface area (Å²) in [4.78, 5) is 4.90. The maximum atomic E-state index is 2.46. The fraction of sp³-hybridized carbons (Fsp3) is 0.0270. The van der Waals surface area contributed by atoms with Crippen molar-refractivity contribution in [2.24, 2.45) is 0 Å². The summed E-state index contributed by atoms with van der Waals surface area (Å²) in [7, 11) is 0. The lowest BCUT2D eigenvalue weighted by Crippen LogP contribution is -2.12. The molecule has 0 N–H and O–H groups in total. The van der Waals surface area contributed by atoms with Gasteiger partial charge < -0.3 is 9.80 Å². The lowest BCUT2D eigenvalue weighted by Gasteiger charge is -2.31. The van der Waals surface area contributed by atoms with Crippen molar-refractivity contribution in [2.75, 3.05) is 9.80 Å². The van der Waals surface area contributed by atoms with E-state index in [2.05, 4.69) is 313 Å². The first-order valence-electron chi connectivity index (χ1n) is 26.4. The fourth-order valence-electron chi connectivity index (χ4n) is 11.3. The van der Waals surface area contributed by atoms with Gasteiger partial charge in [-0.05, 0) is 140 Å². The van der Waals surface area contributed by atoms with Crippen LogP contribution in [0.25, 0.3) is 78.1 Å². The van der Waals surface area contributed by atoms with Crippen molar-refractivity contribution in [1.82, 2.24) is 0 Å². The number of aryl methyl sites for hydroxylation is 1. The van der Waals surface area contributed by atoms with Crippen LogP contribution in [0.4, 0.5) is 34.1 Å². The van der Waals surface area contributed by atoms with E-state index in [1.54, 1.807) is 0 Å². The number of allylic oxidation sites excluding steroid dienone is 1. The molecule has 360 valence electrons. The Hall–Kier alpha value is -9.76. The monoisotopic (exact) mass is 970 g/mol. The van der Waals surface area contributed by atoms with Crippen molar-refractivity contribution >= 4 is 56.5 Å². The maximum absolute atomic E-state index is 2.46. The van der Waals surface area contributed by atoms with E-state index in [9.17, 15) is 0 Å². The average molecular weight is 971 g/mol. The first-order chi connectivity index (χ1) is 37.7. The van der Waals surface area contributed by atoms with Gasteiger partial charge in [-0.3, -0.25) is 0 Å². The molecule has 0 radical (unpaired) electrons. The van der Waals surface area contributed by atoms with Gasteiger partial charge in [0, 0.05) is 33.6 Å². The van der Waals surface area contributed by atoms with Gasteiger partial charge in [0.1, 0.15) is 0 Å². The van der Waals surface area contributed by atoms with Crippen LogP contribution >= 0.6 is 0 Å². The van der Waals surface area contributed by atoms with Crippen LogP contribution in [-0.4, -0.2) is 0 Å². The molecule has 2 nitrogen and oxygen atoms in total. The highest BCUT2D eigenvalue weighted by Crippen LogP contribution is 2.49. The quantitative estimate of drug-likeness (QED) is 0.120. The Morgan fingerprint density at radius 1 is 0.224 bits per heavy atom. The Bertz CT molecular complexity index is 4010. The average Bonchev–Trinajstić information content (AvgIpc) is 3.51. The molecule has 0 fully saturated rings. The van der Waals surface area contributed by atoms with Gasteiger partial charge in [0.15, 0.2) is 0 Å². The van der Waals surface area contributed by atoms with E-state index in [0.717, 1.165) is 69.2 Å². The van der Waals surface area contributed by atoms with Crippen molar-refractivity contribution in [3.05, 3.63) is 314 Å². The summed E-state index contributed by atoms with van der Waals surface area (Å²) >= 11 is 0. The molecule has 1 aliphatic rings. The summed E-state index contributed by atoms with van der Waals surface area (Å²) in [5.74, 6) is 0. The molecular weight excluding hydrogens is 917 g/mol. The molecule has 2 heteroatoms. The number of hydrogen-bond donors (Lipinski definition) is 0. The minimum absolute atomic E-state index is 1.02. The van der Waals surface area contributed by atoms with Gasteiger partial charge in [-0.1, -0.05) is 249 Å². The zero-order chi connectivity index (χ0) is 50.6. The van der Waals surface area contributed by atoms with Crippen molar-refractivity contribution in [1.29, 1.82) is 0 Å². The van der Waals surface area contributed by atoms with Gasteiger partial charge in [0.05, 0.1) is 17.1 Å². The van der Waals surface area contributed by atoms with Crippen LogP contribution in [0.3, 0.4) is 0 Å². The predicted octanol–water partition coefficient (Wildman–Crippen LogP) is 20.6. The van der Waals surface area contributed by atoms with Crippen LogP contribution in [0.1, 0.15) is 23.1 Å². The molecule has 0 aliphatic heterocycles. The lowest BCUT2D eigenvalue weighted by molar-refractivity contribution is 1.00. The van der Waals surface area contributed by atoms with E-state index in [0.29, 0.717) is 0 Å². The van der Waals surface area contributed by atoms with Crippen LogP contribution < -0.4 is 9.80 Å². The predicted molar refractivity (Wildman–Crippen MR) is 323 cm³/mol. The molecule has 0 bridgehead atoms. The number of fused-ring (bicyclic) bond motifs is 2. The lowest BCUT2D eigenvalue weighted by atomic mass is 9.88. The molecule has 13 rings (SSSR count). The van der Waals surface area contributed by atoms with Gasteiger partial charge in [-0.25, -0.2) is 0 Å². The number of anilines is 6. The largest absolute Gasteiger partial charge is 0.310 e. The third-order valence-electron chi connectivity index (χ3n) is 15.0. The summed E-state index contributed by atoms with van der Waals surface area (Å²) in [6.07, 6.45) is 4.45. The summed E-state index contributed by atoms with van der Waals surface area (Å²) in [5.41, 5.74) is 23.6. The summed E-state index contributed by atoms with van der Waals surface area (Å²) in [6.45, 7) is 0. The number of rotatable bonds is 12. The Kier molecular flexibility index (Phi) is 12.5. The van der Waals surface area contributed by atoms with E-state index in [1.165, 1.54) is 66.4 Å². The van der Waals surface area contributed by atoms with Crippen molar-refractivity contribution in [2.45, 2.75) is 12.8 Å².